The summed E-state index contributed by atoms with van der Waals surface area (Å²) in [4.78, 5) is 19.5. The maximum atomic E-state index is 13.1. The minimum Gasteiger partial charge on any atom is -0.379 e. The van der Waals surface area contributed by atoms with Crippen LogP contribution in [0.15, 0.2) is 24.5 Å². The number of H-pyrrole nitrogens is 1. The molecule has 0 bridgehead atoms. The third-order valence-corrected chi connectivity index (χ3v) is 5.48. The molecule has 2 aliphatic rings. The van der Waals surface area contributed by atoms with Gasteiger partial charge in [0.05, 0.1) is 25.5 Å². The number of rotatable bonds is 5. The number of morpholine rings is 1. The molecule has 2 N–H and O–H groups in total. The number of pyridine rings is 1. The Morgan fingerprint density at radius 2 is 2.11 bits per heavy atom. The van der Waals surface area contributed by atoms with E-state index in [4.69, 9.17) is 4.74 Å². The van der Waals surface area contributed by atoms with E-state index < -0.39 is 0 Å². The van der Waals surface area contributed by atoms with Gasteiger partial charge >= 0.3 is 0 Å². The number of nitrogens with one attached hydrogen (secondary N) is 2. The largest absolute Gasteiger partial charge is 0.379 e. The fourth-order valence-electron chi connectivity index (χ4n) is 4.04. The van der Waals surface area contributed by atoms with Gasteiger partial charge in [-0.15, -0.1) is 0 Å². The van der Waals surface area contributed by atoms with Crippen molar-refractivity contribution in [2.45, 2.75) is 44.7 Å². The van der Waals surface area contributed by atoms with Crippen LogP contribution in [0, 0.1) is 0 Å². The van der Waals surface area contributed by atoms with E-state index in [-0.39, 0.29) is 11.9 Å². The third kappa shape index (κ3) is 4.20. The highest BCUT2D eigenvalue weighted by Gasteiger charge is 2.29. The van der Waals surface area contributed by atoms with Crippen LogP contribution in [0.2, 0.25) is 0 Å². The quantitative estimate of drug-likeness (QED) is 0.785. The highest BCUT2D eigenvalue weighted by molar-refractivity contribution is 5.83. The molecule has 2 aromatic heterocycles. The van der Waals surface area contributed by atoms with Crippen LogP contribution in [0.4, 0.5) is 0 Å². The van der Waals surface area contributed by atoms with Crippen LogP contribution >= 0.6 is 0 Å². The van der Waals surface area contributed by atoms with Gasteiger partial charge in [-0.1, -0.05) is 12.5 Å². The summed E-state index contributed by atoms with van der Waals surface area (Å²) in [6.45, 7) is 3.25. The molecule has 0 spiro atoms. The van der Waals surface area contributed by atoms with Crippen LogP contribution in [0.5, 0.6) is 0 Å². The number of aryl methyl sites for hydroxylation is 1. The van der Waals surface area contributed by atoms with Crippen LogP contribution in [0.25, 0.3) is 0 Å². The molecule has 0 saturated carbocycles. The molecule has 0 unspecified atom stereocenters. The first kappa shape index (κ1) is 18.1. The van der Waals surface area contributed by atoms with E-state index in [2.05, 4.69) is 25.4 Å². The second-order valence-electron chi connectivity index (χ2n) is 7.24. The number of nitrogens with zero attached hydrogens (tertiary/aromatic N) is 3. The first-order valence-electron chi connectivity index (χ1n) is 9.87. The first-order valence-corrected chi connectivity index (χ1v) is 9.87. The fraction of sp³-hybridized carbons (Fsp3) is 0.550. The van der Waals surface area contributed by atoms with E-state index in [1.165, 1.54) is 30.5 Å². The number of ether oxygens (including phenoxy) is 1. The lowest BCUT2D eigenvalue weighted by atomic mass is 10.1. The summed E-state index contributed by atoms with van der Waals surface area (Å²) in [5.41, 5.74) is 4.44. The molecule has 1 amide bonds. The zero-order valence-corrected chi connectivity index (χ0v) is 15.6. The Hall–Kier alpha value is -2.25. The predicted molar refractivity (Wildman–Crippen MR) is 101 cm³/mol. The molecular weight excluding hydrogens is 342 g/mol. The smallest absolute Gasteiger partial charge is 0.242 e. The Labute approximate surface area is 159 Å². The Morgan fingerprint density at radius 1 is 1.26 bits per heavy atom. The summed E-state index contributed by atoms with van der Waals surface area (Å²) in [6, 6.07) is 3.50. The average Bonchev–Trinajstić information content (AvgIpc) is 2.94. The standard InChI is InChI=1S/C20H27N5O2/c26-20(22-14-18-16-6-2-1-3-7-17(16)23-24-18)19(15-5-4-8-21-13-15)25-9-11-27-12-10-25/h4-5,8,13,19H,1-3,6-7,9-12,14H2,(H,22,26)(H,23,24)/t19-/m0/s1. The molecular formula is C20H27N5O2. The van der Waals surface area contributed by atoms with Gasteiger partial charge in [-0.25, -0.2) is 0 Å². The van der Waals surface area contributed by atoms with Crippen molar-refractivity contribution in [3.63, 3.8) is 0 Å². The molecule has 1 saturated heterocycles. The van der Waals surface area contributed by atoms with E-state index in [0.29, 0.717) is 19.8 Å². The van der Waals surface area contributed by atoms with Crippen molar-refractivity contribution in [3.05, 3.63) is 47.0 Å². The van der Waals surface area contributed by atoms with Crippen molar-refractivity contribution in [1.82, 2.24) is 25.4 Å². The lowest BCUT2D eigenvalue weighted by Gasteiger charge is -2.33. The van der Waals surface area contributed by atoms with Gasteiger partial charge in [-0.05, 0) is 42.9 Å². The summed E-state index contributed by atoms with van der Waals surface area (Å²) < 4.78 is 5.46. The van der Waals surface area contributed by atoms with Gasteiger partial charge in [0.1, 0.15) is 6.04 Å². The lowest BCUT2D eigenvalue weighted by Crippen LogP contribution is -2.45. The van der Waals surface area contributed by atoms with Crippen molar-refractivity contribution >= 4 is 5.91 Å². The Morgan fingerprint density at radius 3 is 2.93 bits per heavy atom. The van der Waals surface area contributed by atoms with E-state index in [0.717, 1.165) is 37.2 Å². The number of carbonyl (C=O) groups is 1. The van der Waals surface area contributed by atoms with Crippen molar-refractivity contribution < 1.29 is 9.53 Å². The summed E-state index contributed by atoms with van der Waals surface area (Å²) in [6.07, 6.45) is 9.28. The number of hydrogen-bond donors (Lipinski definition) is 2. The number of fused-ring (bicyclic) bond motifs is 1. The molecule has 144 valence electrons. The maximum absolute atomic E-state index is 13.1. The van der Waals surface area contributed by atoms with Gasteiger partial charge in [-0.2, -0.15) is 5.10 Å². The minimum atomic E-state index is -0.347. The summed E-state index contributed by atoms with van der Waals surface area (Å²) in [7, 11) is 0. The number of carbonyl (C=O) groups excluding carboxylic acids is 1. The van der Waals surface area contributed by atoms with Gasteiger partial charge in [0.15, 0.2) is 0 Å². The van der Waals surface area contributed by atoms with Gasteiger partial charge in [-0.3, -0.25) is 19.8 Å². The third-order valence-electron chi connectivity index (χ3n) is 5.48. The zero-order chi connectivity index (χ0) is 18.5. The normalized spacial score (nSPS) is 19.1. The SMILES string of the molecule is O=C(NCc1n[nH]c2c1CCCCC2)[C@H](c1cccnc1)N1CCOCC1. The Kier molecular flexibility index (Phi) is 5.79. The van der Waals surface area contributed by atoms with Crippen LogP contribution in [-0.4, -0.2) is 52.3 Å². The van der Waals surface area contributed by atoms with Crippen molar-refractivity contribution in [3.8, 4) is 0 Å². The molecule has 0 radical (unpaired) electrons. The van der Waals surface area contributed by atoms with E-state index >= 15 is 0 Å². The molecule has 7 nitrogen and oxygen atoms in total. The van der Waals surface area contributed by atoms with E-state index in [9.17, 15) is 4.79 Å². The van der Waals surface area contributed by atoms with E-state index in [1.807, 2.05) is 12.1 Å². The predicted octanol–water partition coefficient (Wildman–Crippen LogP) is 1.76. The van der Waals surface area contributed by atoms with Gasteiger partial charge in [0.2, 0.25) is 5.91 Å². The maximum Gasteiger partial charge on any atom is 0.242 e. The minimum absolute atomic E-state index is 0.00438. The molecule has 3 heterocycles. The zero-order valence-electron chi connectivity index (χ0n) is 15.6. The Bertz CT molecular complexity index is 755. The van der Waals surface area contributed by atoms with Gasteiger partial charge < -0.3 is 10.1 Å². The number of aromatic amines is 1. The monoisotopic (exact) mass is 369 g/mol. The van der Waals surface area contributed by atoms with Crippen molar-refractivity contribution in [2.24, 2.45) is 0 Å². The molecule has 1 fully saturated rings. The molecule has 27 heavy (non-hydrogen) atoms. The number of aromatic nitrogens is 3. The van der Waals surface area contributed by atoms with Gasteiger partial charge in [0.25, 0.3) is 0 Å². The molecule has 2 aromatic rings. The molecule has 4 rings (SSSR count). The molecule has 1 aliphatic carbocycles. The average molecular weight is 369 g/mol. The Balaban J connectivity index is 1.48. The second kappa shape index (κ2) is 8.63. The topological polar surface area (TPSA) is 83.1 Å². The van der Waals surface area contributed by atoms with Crippen molar-refractivity contribution in [1.29, 1.82) is 0 Å². The highest BCUT2D eigenvalue weighted by Crippen LogP contribution is 2.23. The summed E-state index contributed by atoms with van der Waals surface area (Å²) in [5, 5.41) is 10.8. The number of amides is 1. The molecule has 7 heteroatoms. The van der Waals surface area contributed by atoms with E-state index in [1.54, 1.807) is 12.4 Å². The summed E-state index contributed by atoms with van der Waals surface area (Å²) >= 11 is 0. The van der Waals surface area contributed by atoms with Crippen LogP contribution < -0.4 is 5.32 Å². The lowest BCUT2D eigenvalue weighted by molar-refractivity contribution is -0.128. The van der Waals surface area contributed by atoms with Crippen molar-refractivity contribution in [2.75, 3.05) is 26.3 Å². The molecule has 1 aliphatic heterocycles. The fourth-order valence-corrected chi connectivity index (χ4v) is 4.04. The molecule has 0 aromatic carbocycles. The number of hydrogen-bond acceptors (Lipinski definition) is 5. The van der Waals surface area contributed by atoms with Crippen LogP contribution in [0.1, 0.15) is 47.8 Å². The van der Waals surface area contributed by atoms with Crippen LogP contribution in [0.3, 0.4) is 0 Å². The first-order chi connectivity index (χ1) is 13.3. The van der Waals surface area contributed by atoms with Gasteiger partial charge in [0, 0.05) is 31.2 Å². The highest BCUT2D eigenvalue weighted by atomic mass is 16.5. The molecule has 1 atom stereocenters. The second-order valence-corrected chi connectivity index (χ2v) is 7.24. The summed E-state index contributed by atoms with van der Waals surface area (Å²) in [5.74, 6) is -0.00438. The van der Waals surface area contributed by atoms with Crippen LogP contribution in [-0.2, 0) is 28.9 Å².